The van der Waals surface area contributed by atoms with Gasteiger partial charge in [-0.2, -0.15) is 4.98 Å². The molecule has 3 atom stereocenters. The zero-order valence-electron chi connectivity index (χ0n) is 13.5. The highest BCUT2D eigenvalue weighted by Crippen LogP contribution is 2.38. The number of aliphatic hydroxyl groups is 1. The molecule has 1 saturated carbocycles. The monoisotopic (exact) mass is 297 g/mol. The Hall–Kier alpha value is -0.980. The molecular weight excluding hydrogens is 270 g/mol. The van der Waals surface area contributed by atoms with Crippen molar-refractivity contribution in [3.63, 3.8) is 0 Å². The van der Waals surface area contributed by atoms with Crippen molar-refractivity contribution in [1.82, 2.24) is 15.0 Å². The SMILES string of the molecule is CCO[C@H](C)c1noc(CN(C)[C@@]2(CO)CC[C@@H](C)C2)n1. The van der Waals surface area contributed by atoms with Crippen LogP contribution in [0.4, 0.5) is 0 Å². The molecule has 0 radical (unpaired) electrons. The number of nitrogens with zero attached hydrogens (tertiary/aromatic N) is 3. The van der Waals surface area contributed by atoms with E-state index in [1.165, 1.54) is 0 Å². The van der Waals surface area contributed by atoms with Crippen LogP contribution in [-0.2, 0) is 11.3 Å². The smallest absolute Gasteiger partial charge is 0.240 e. The molecule has 0 aromatic carbocycles. The molecule has 21 heavy (non-hydrogen) atoms. The molecule has 0 spiro atoms. The van der Waals surface area contributed by atoms with Crippen LogP contribution in [0.1, 0.15) is 57.9 Å². The van der Waals surface area contributed by atoms with E-state index in [1.807, 2.05) is 20.9 Å². The molecule has 1 fully saturated rings. The fourth-order valence-corrected chi connectivity index (χ4v) is 3.17. The number of rotatable bonds is 7. The van der Waals surface area contributed by atoms with Crippen molar-refractivity contribution < 1.29 is 14.4 Å². The van der Waals surface area contributed by atoms with Gasteiger partial charge in [-0.15, -0.1) is 0 Å². The zero-order valence-corrected chi connectivity index (χ0v) is 13.5. The van der Waals surface area contributed by atoms with Crippen molar-refractivity contribution in [1.29, 1.82) is 0 Å². The van der Waals surface area contributed by atoms with Crippen molar-refractivity contribution in [2.24, 2.45) is 5.92 Å². The third kappa shape index (κ3) is 3.62. The maximum atomic E-state index is 9.82. The molecule has 0 amide bonds. The van der Waals surface area contributed by atoms with Crippen LogP contribution in [0.2, 0.25) is 0 Å². The van der Waals surface area contributed by atoms with Gasteiger partial charge in [0.1, 0.15) is 6.10 Å². The number of ether oxygens (including phenoxy) is 1. The summed E-state index contributed by atoms with van der Waals surface area (Å²) in [7, 11) is 2.02. The van der Waals surface area contributed by atoms with Gasteiger partial charge < -0.3 is 14.4 Å². The maximum absolute atomic E-state index is 9.82. The van der Waals surface area contributed by atoms with E-state index < -0.39 is 0 Å². The number of aliphatic hydroxyl groups excluding tert-OH is 1. The van der Waals surface area contributed by atoms with E-state index in [2.05, 4.69) is 22.0 Å². The summed E-state index contributed by atoms with van der Waals surface area (Å²) in [5, 5.41) is 13.8. The molecule has 0 saturated heterocycles. The normalized spacial score (nSPS) is 27.4. The van der Waals surface area contributed by atoms with Crippen molar-refractivity contribution in [2.75, 3.05) is 20.3 Å². The number of hydrogen-bond acceptors (Lipinski definition) is 6. The standard InChI is InChI=1S/C15H27N3O3/c1-5-20-12(3)14-16-13(21-17-14)9-18(4)15(10-19)7-6-11(2)8-15/h11-12,19H,5-10H2,1-4H3/t11-,12-,15+/m1/s1. The van der Waals surface area contributed by atoms with Crippen LogP contribution in [0.15, 0.2) is 4.52 Å². The Morgan fingerprint density at radius 3 is 2.90 bits per heavy atom. The van der Waals surface area contributed by atoms with Crippen molar-refractivity contribution in [3.05, 3.63) is 11.7 Å². The number of aromatic nitrogens is 2. The average molecular weight is 297 g/mol. The molecule has 6 nitrogen and oxygen atoms in total. The van der Waals surface area contributed by atoms with Gasteiger partial charge in [-0.3, -0.25) is 4.90 Å². The van der Waals surface area contributed by atoms with E-state index in [1.54, 1.807) is 0 Å². The quantitative estimate of drug-likeness (QED) is 0.831. The lowest BCUT2D eigenvalue weighted by molar-refractivity contribution is 0.0387. The van der Waals surface area contributed by atoms with Gasteiger partial charge in [0.05, 0.1) is 13.2 Å². The van der Waals surface area contributed by atoms with Crippen LogP contribution in [0.25, 0.3) is 0 Å². The first-order valence-corrected chi connectivity index (χ1v) is 7.77. The van der Waals surface area contributed by atoms with E-state index in [0.29, 0.717) is 30.8 Å². The molecule has 1 aromatic heterocycles. The van der Waals surface area contributed by atoms with Crippen molar-refractivity contribution in [3.8, 4) is 0 Å². The zero-order chi connectivity index (χ0) is 15.5. The van der Waals surface area contributed by atoms with E-state index in [-0.39, 0.29) is 18.2 Å². The van der Waals surface area contributed by atoms with Crippen LogP contribution in [0.3, 0.4) is 0 Å². The minimum atomic E-state index is -0.156. The van der Waals surface area contributed by atoms with E-state index in [0.717, 1.165) is 19.3 Å². The lowest BCUT2D eigenvalue weighted by atomic mass is 9.95. The predicted molar refractivity (Wildman–Crippen MR) is 78.6 cm³/mol. The van der Waals surface area contributed by atoms with Gasteiger partial charge in [-0.05, 0) is 46.1 Å². The molecule has 120 valence electrons. The summed E-state index contributed by atoms with van der Waals surface area (Å²) in [5.74, 6) is 1.81. The Kier molecular flexibility index (Phi) is 5.35. The molecule has 0 bridgehead atoms. The first kappa shape index (κ1) is 16.4. The highest BCUT2D eigenvalue weighted by atomic mass is 16.5. The molecule has 0 unspecified atom stereocenters. The summed E-state index contributed by atoms with van der Waals surface area (Å²) in [5.41, 5.74) is -0.153. The number of likely N-dealkylation sites (N-methyl/N-ethyl adjacent to an activating group) is 1. The maximum Gasteiger partial charge on any atom is 0.240 e. The Morgan fingerprint density at radius 1 is 1.57 bits per heavy atom. The molecule has 1 aliphatic carbocycles. The average Bonchev–Trinajstić information content (AvgIpc) is 3.06. The first-order valence-electron chi connectivity index (χ1n) is 7.77. The fraction of sp³-hybridized carbons (Fsp3) is 0.867. The van der Waals surface area contributed by atoms with E-state index >= 15 is 0 Å². The van der Waals surface area contributed by atoms with E-state index in [9.17, 15) is 5.11 Å². The molecule has 1 aromatic rings. The topological polar surface area (TPSA) is 71.6 Å². The Bertz CT molecular complexity index is 451. The summed E-state index contributed by atoms with van der Waals surface area (Å²) in [6.45, 7) is 7.44. The van der Waals surface area contributed by atoms with Gasteiger partial charge in [-0.1, -0.05) is 12.1 Å². The van der Waals surface area contributed by atoms with E-state index in [4.69, 9.17) is 9.26 Å². The second kappa shape index (κ2) is 6.85. The first-order chi connectivity index (χ1) is 10.0. The predicted octanol–water partition coefficient (Wildman–Crippen LogP) is 2.15. The minimum Gasteiger partial charge on any atom is -0.394 e. The summed E-state index contributed by atoms with van der Waals surface area (Å²) in [6, 6.07) is 0. The van der Waals surface area contributed by atoms with Crippen molar-refractivity contribution in [2.45, 2.75) is 58.2 Å². The van der Waals surface area contributed by atoms with Gasteiger partial charge in [0.2, 0.25) is 5.89 Å². The third-order valence-electron chi connectivity index (χ3n) is 4.57. The largest absolute Gasteiger partial charge is 0.394 e. The third-order valence-corrected chi connectivity index (χ3v) is 4.57. The van der Waals surface area contributed by atoms with Crippen LogP contribution >= 0.6 is 0 Å². The molecule has 0 aliphatic heterocycles. The van der Waals surface area contributed by atoms with Crippen LogP contribution in [0.5, 0.6) is 0 Å². The van der Waals surface area contributed by atoms with Gasteiger partial charge >= 0.3 is 0 Å². The summed E-state index contributed by atoms with van der Waals surface area (Å²) < 4.78 is 10.8. The van der Waals surface area contributed by atoms with Crippen LogP contribution in [-0.4, -0.2) is 45.9 Å². The summed E-state index contributed by atoms with van der Waals surface area (Å²) in [4.78, 5) is 6.55. The van der Waals surface area contributed by atoms with Gasteiger partial charge in [0, 0.05) is 12.1 Å². The van der Waals surface area contributed by atoms with Gasteiger partial charge in [-0.25, -0.2) is 0 Å². The Labute approximate surface area is 126 Å². The second-order valence-corrected chi connectivity index (χ2v) is 6.23. The highest BCUT2D eigenvalue weighted by Gasteiger charge is 2.40. The highest BCUT2D eigenvalue weighted by molar-refractivity contribution is 4.98. The van der Waals surface area contributed by atoms with Crippen LogP contribution < -0.4 is 0 Å². The molecular formula is C15H27N3O3. The minimum absolute atomic E-state index is 0.153. The fourth-order valence-electron chi connectivity index (χ4n) is 3.17. The van der Waals surface area contributed by atoms with Gasteiger partial charge in [0.25, 0.3) is 0 Å². The summed E-state index contributed by atoms with van der Waals surface area (Å²) >= 11 is 0. The Balaban J connectivity index is 2.01. The molecule has 1 heterocycles. The summed E-state index contributed by atoms with van der Waals surface area (Å²) in [6.07, 6.45) is 3.02. The number of hydrogen-bond donors (Lipinski definition) is 1. The lowest BCUT2D eigenvalue weighted by Gasteiger charge is -2.36. The lowest BCUT2D eigenvalue weighted by Crippen LogP contribution is -2.47. The second-order valence-electron chi connectivity index (χ2n) is 6.23. The van der Waals surface area contributed by atoms with Gasteiger partial charge in [0.15, 0.2) is 5.82 Å². The molecule has 1 aliphatic rings. The van der Waals surface area contributed by atoms with Crippen LogP contribution in [0, 0.1) is 5.92 Å². The Morgan fingerprint density at radius 2 is 2.33 bits per heavy atom. The molecule has 2 rings (SSSR count). The van der Waals surface area contributed by atoms with Crippen molar-refractivity contribution >= 4 is 0 Å². The molecule has 1 N–H and O–H groups in total. The molecule has 6 heteroatoms.